The summed E-state index contributed by atoms with van der Waals surface area (Å²) < 4.78 is 1.91. The first-order valence-corrected chi connectivity index (χ1v) is 8.49. The highest BCUT2D eigenvalue weighted by atomic mass is 35.5. The summed E-state index contributed by atoms with van der Waals surface area (Å²) in [5.41, 5.74) is 3.07. The molecule has 2 aromatic carbocycles. The lowest BCUT2D eigenvalue weighted by molar-refractivity contribution is -0.121. The fraction of sp³-hybridized carbons (Fsp3) is 0.200. The van der Waals surface area contributed by atoms with Crippen LogP contribution < -0.4 is 5.32 Å². The van der Waals surface area contributed by atoms with Crippen LogP contribution in [0.1, 0.15) is 28.6 Å². The van der Waals surface area contributed by atoms with Gasteiger partial charge in [-0.15, -0.1) is 0 Å². The number of benzene rings is 2. The summed E-state index contributed by atoms with van der Waals surface area (Å²) in [5, 5.41) is 3.77. The van der Waals surface area contributed by atoms with Crippen LogP contribution in [0.5, 0.6) is 0 Å². The third kappa shape index (κ3) is 4.09. The Kier molecular flexibility index (Phi) is 5.19. The minimum atomic E-state index is -0.325. The fourth-order valence-corrected chi connectivity index (χ4v) is 2.93. The van der Waals surface area contributed by atoms with Crippen molar-refractivity contribution in [1.82, 2.24) is 14.9 Å². The van der Waals surface area contributed by atoms with E-state index in [-0.39, 0.29) is 11.9 Å². The van der Waals surface area contributed by atoms with E-state index in [1.807, 2.05) is 73.3 Å². The maximum absolute atomic E-state index is 12.6. The van der Waals surface area contributed by atoms with Gasteiger partial charge in [0.25, 0.3) is 0 Å². The topological polar surface area (TPSA) is 46.9 Å². The molecular formula is C20H20ClN3O. The van der Waals surface area contributed by atoms with E-state index in [1.165, 1.54) is 0 Å². The SMILES string of the molecule is Cc1ccccc1CC(=O)N[C@@H](c1ccc(Cl)cc1)c1nccn1C. The molecule has 1 N–H and O–H groups in total. The van der Waals surface area contributed by atoms with E-state index >= 15 is 0 Å². The number of nitrogens with zero attached hydrogens (tertiary/aromatic N) is 2. The Labute approximate surface area is 152 Å². The lowest BCUT2D eigenvalue weighted by atomic mass is 10.0. The van der Waals surface area contributed by atoms with E-state index in [4.69, 9.17) is 11.6 Å². The van der Waals surface area contributed by atoms with E-state index in [2.05, 4.69) is 10.3 Å². The normalized spacial score (nSPS) is 12.0. The van der Waals surface area contributed by atoms with Crippen molar-refractivity contribution in [2.75, 3.05) is 0 Å². The van der Waals surface area contributed by atoms with Crippen LogP contribution in [0.4, 0.5) is 0 Å². The molecule has 0 saturated heterocycles. The van der Waals surface area contributed by atoms with Crippen molar-refractivity contribution in [3.8, 4) is 0 Å². The maximum atomic E-state index is 12.6. The Balaban J connectivity index is 1.85. The number of hydrogen-bond donors (Lipinski definition) is 1. The number of rotatable bonds is 5. The number of imidazole rings is 1. The van der Waals surface area contributed by atoms with Crippen LogP contribution >= 0.6 is 11.6 Å². The predicted octanol–water partition coefficient (Wildman–Crippen LogP) is 3.83. The van der Waals surface area contributed by atoms with Gasteiger partial charge in [0.15, 0.2) is 0 Å². The third-order valence-electron chi connectivity index (χ3n) is 4.24. The molecule has 1 aromatic heterocycles. The molecule has 128 valence electrons. The van der Waals surface area contributed by atoms with E-state index in [9.17, 15) is 4.79 Å². The third-order valence-corrected chi connectivity index (χ3v) is 4.49. The highest BCUT2D eigenvalue weighted by molar-refractivity contribution is 6.30. The van der Waals surface area contributed by atoms with Crippen molar-refractivity contribution in [2.24, 2.45) is 7.05 Å². The summed E-state index contributed by atoms with van der Waals surface area (Å²) in [6, 6.07) is 15.1. The van der Waals surface area contributed by atoms with Gasteiger partial charge in [0.05, 0.1) is 6.42 Å². The monoisotopic (exact) mass is 353 g/mol. The largest absolute Gasteiger partial charge is 0.342 e. The first-order chi connectivity index (χ1) is 12.0. The molecule has 4 nitrogen and oxygen atoms in total. The Morgan fingerprint density at radius 1 is 1.20 bits per heavy atom. The maximum Gasteiger partial charge on any atom is 0.225 e. The summed E-state index contributed by atoms with van der Waals surface area (Å²) in [4.78, 5) is 17.1. The molecular weight excluding hydrogens is 334 g/mol. The average molecular weight is 354 g/mol. The summed E-state index contributed by atoms with van der Waals surface area (Å²) in [5.74, 6) is 0.734. The van der Waals surface area contributed by atoms with E-state index in [0.29, 0.717) is 11.4 Å². The quantitative estimate of drug-likeness (QED) is 0.757. The minimum absolute atomic E-state index is 0.0442. The first-order valence-electron chi connectivity index (χ1n) is 8.11. The Morgan fingerprint density at radius 3 is 2.56 bits per heavy atom. The van der Waals surface area contributed by atoms with Gasteiger partial charge in [-0.25, -0.2) is 4.98 Å². The first kappa shape index (κ1) is 17.2. The zero-order valence-corrected chi connectivity index (χ0v) is 15.0. The summed E-state index contributed by atoms with van der Waals surface area (Å²) in [6.07, 6.45) is 3.93. The highest BCUT2D eigenvalue weighted by Gasteiger charge is 2.21. The molecule has 0 aliphatic rings. The van der Waals surface area contributed by atoms with Crippen molar-refractivity contribution in [2.45, 2.75) is 19.4 Å². The summed E-state index contributed by atoms with van der Waals surface area (Å²) >= 11 is 5.99. The van der Waals surface area contributed by atoms with Gasteiger partial charge in [-0.1, -0.05) is 48.0 Å². The molecule has 0 saturated carbocycles. The van der Waals surface area contributed by atoms with Gasteiger partial charge < -0.3 is 9.88 Å². The van der Waals surface area contributed by atoms with Gasteiger partial charge in [-0.05, 0) is 35.7 Å². The van der Waals surface area contributed by atoms with Crippen LogP contribution in [0.2, 0.25) is 5.02 Å². The van der Waals surface area contributed by atoms with E-state index < -0.39 is 0 Å². The number of hydrogen-bond acceptors (Lipinski definition) is 2. The molecule has 0 aliphatic heterocycles. The molecule has 0 aliphatic carbocycles. The zero-order valence-electron chi connectivity index (χ0n) is 14.2. The molecule has 0 bridgehead atoms. The molecule has 0 radical (unpaired) electrons. The van der Waals surface area contributed by atoms with Gasteiger partial charge in [0.2, 0.25) is 5.91 Å². The van der Waals surface area contributed by atoms with Crippen molar-refractivity contribution in [1.29, 1.82) is 0 Å². The Hall–Kier alpha value is -2.59. The Bertz CT molecular complexity index is 871. The number of halogens is 1. The predicted molar refractivity (Wildman–Crippen MR) is 99.5 cm³/mol. The second-order valence-electron chi connectivity index (χ2n) is 6.05. The minimum Gasteiger partial charge on any atom is -0.342 e. The summed E-state index contributed by atoms with van der Waals surface area (Å²) in [6.45, 7) is 2.01. The summed E-state index contributed by atoms with van der Waals surface area (Å²) in [7, 11) is 1.92. The van der Waals surface area contributed by atoms with Crippen LogP contribution in [0.25, 0.3) is 0 Å². The second-order valence-corrected chi connectivity index (χ2v) is 6.49. The molecule has 25 heavy (non-hydrogen) atoms. The molecule has 1 atom stereocenters. The smallest absolute Gasteiger partial charge is 0.225 e. The molecule has 0 spiro atoms. The second kappa shape index (κ2) is 7.53. The lowest BCUT2D eigenvalue weighted by Crippen LogP contribution is -2.32. The van der Waals surface area contributed by atoms with Gasteiger partial charge in [-0.3, -0.25) is 4.79 Å². The fourth-order valence-electron chi connectivity index (χ4n) is 2.80. The molecule has 1 heterocycles. The number of aromatic nitrogens is 2. The van der Waals surface area contributed by atoms with Crippen LogP contribution in [-0.2, 0) is 18.3 Å². The molecule has 3 rings (SSSR count). The van der Waals surface area contributed by atoms with E-state index in [0.717, 1.165) is 22.5 Å². The van der Waals surface area contributed by atoms with E-state index in [1.54, 1.807) is 6.20 Å². The number of amides is 1. The molecule has 1 amide bonds. The van der Waals surface area contributed by atoms with Crippen LogP contribution in [0.15, 0.2) is 60.9 Å². The number of carbonyl (C=O) groups excluding carboxylic acids is 1. The van der Waals surface area contributed by atoms with Gasteiger partial charge in [0.1, 0.15) is 11.9 Å². The molecule has 0 fully saturated rings. The van der Waals surface area contributed by atoms with Gasteiger partial charge in [0, 0.05) is 24.5 Å². The van der Waals surface area contributed by atoms with Crippen molar-refractivity contribution in [3.63, 3.8) is 0 Å². The van der Waals surface area contributed by atoms with Gasteiger partial charge in [-0.2, -0.15) is 0 Å². The number of nitrogens with one attached hydrogen (secondary N) is 1. The molecule has 5 heteroatoms. The van der Waals surface area contributed by atoms with Crippen molar-refractivity contribution < 1.29 is 4.79 Å². The van der Waals surface area contributed by atoms with Crippen molar-refractivity contribution >= 4 is 17.5 Å². The standard InChI is InChI=1S/C20H20ClN3O/c1-14-5-3-4-6-16(14)13-18(25)23-19(20-22-11-12-24(20)2)15-7-9-17(21)10-8-15/h3-12,19H,13H2,1-2H3,(H,23,25)/t19-/m0/s1. The number of carbonyl (C=O) groups is 1. The Morgan fingerprint density at radius 2 is 1.92 bits per heavy atom. The van der Waals surface area contributed by atoms with Gasteiger partial charge >= 0.3 is 0 Å². The molecule has 0 unspecified atom stereocenters. The van der Waals surface area contributed by atoms with Crippen molar-refractivity contribution in [3.05, 3.63) is 88.5 Å². The van der Waals surface area contributed by atoms with Crippen LogP contribution in [0, 0.1) is 6.92 Å². The number of aryl methyl sites for hydroxylation is 2. The lowest BCUT2D eigenvalue weighted by Gasteiger charge is -2.19. The average Bonchev–Trinajstić information content (AvgIpc) is 3.01. The zero-order chi connectivity index (χ0) is 17.8. The molecule has 3 aromatic rings. The van der Waals surface area contributed by atoms with Crippen LogP contribution in [-0.4, -0.2) is 15.5 Å². The van der Waals surface area contributed by atoms with Crippen LogP contribution in [0.3, 0.4) is 0 Å². The highest BCUT2D eigenvalue weighted by Crippen LogP contribution is 2.22.